The van der Waals surface area contributed by atoms with Gasteiger partial charge in [-0.15, -0.1) is 0 Å². The summed E-state index contributed by atoms with van der Waals surface area (Å²) in [5, 5.41) is 1.84. The number of nitrogens with two attached hydrogens (primary N) is 1. The van der Waals surface area contributed by atoms with Crippen LogP contribution in [0.4, 0.5) is 5.69 Å². The molecule has 0 fully saturated rings. The second kappa shape index (κ2) is 8.28. The van der Waals surface area contributed by atoms with Crippen LogP contribution in [0.2, 0.25) is 0 Å². The van der Waals surface area contributed by atoms with E-state index in [9.17, 15) is 0 Å². The molecule has 0 saturated heterocycles. The Kier molecular flexibility index (Phi) is 7.03. The molecule has 1 aromatic rings. The van der Waals surface area contributed by atoms with Gasteiger partial charge in [-0.3, -0.25) is 0 Å². The Morgan fingerprint density at radius 1 is 1.20 bits per heavy atom. The fraction of sp³-hybridized carbons (Fsp3) is 0.647. The lowest BCUT2D eigenvalue weighted by atomic mass is 9.95. The summed E-state index contributed by atoms with van der Waals surface area (Å²) in [5.74, 6) is 6.77. The van der Waals surface area contributed by atoms with Crippen LogP contribution in [0.1, 0.15) is 46.5 Å². The normalized spacial score (nSPS) is 13.2. The molecule has 0 aliphatic rings. The lowest BCUT2D eigenvalue weighted by Crippen LogP contribution is -2.32. The Balaban J connectivity index is 2.21. The molecule has 2 N–H and O–H groups in total. The highest BCUT2D eigenvalue weighted by atomic mass is 16.5. The number of benzene rings is 1. The summed E-state index contributed by atoms with van der Waals surface area (Å²) in [6.45, 7) is 7.50. The molecular weight excluding hydrogens is 248 g/mol. The molecule has 1 rings (SSSR count). The molecular formula is C17H30N2O. The lowest BCUT2D eigenvalue weighted by Gasteiger charge is -2.24. The van der Waals surface area contributed by atoms with Gasteiger partial charge in [-0.1, -0.05) is 38.0 Å². The standard InChI is InChI=1S/C17H30N2O/c1-15(9-8-13-17(2,3)20-4)12-14-19(18)16-10-6-5-7-11-16/h5-7,10-11,15H,8-9,12-14,18H2,1-4H3. The van der Waals surface area contributed by atoms with Gasteiger partial charge in [-0.2, -0.15) is 0 Å². The van der Waals surface area contributed by atoms with Crippen molar-refractivity contribution >= 4 is 5.69 Å². The van der Waals surface area contributed by atoms with Crippen molar-refractivity contribution in [3.8, 4) is 0 Å². The minimum atomic E-state index is 0.00363. The van der Waals surface area contributed by atoms with Gasteiger partial charge in [0.2, 0.25) is 0 Å². The van der Waals surface area contributed by atoms with Gasteiger partial charge in [-0.25, -0.2) is 5.84 Å². The number of ether oxygens (including phenoxy) is 1. The first-order chi connectivity index (χ1) is 9.44. The van der Waals surface area contributed by atoms with Crippen molar-refractivity contribution in [2.24, 2.45) is 11.8 Å². The second-order valence-corrected chi connectivity index (χ2v) is 6.28. The maximum atomic E-state index is 6.08. The molecule has 1 unspecified atom stereocenters. The van der Waals surface area contributed by atoms with E-state index >= 15 is 0 Å². The number of methoxy groups -OCH3 is 1. The first-order valence-electron chi connectivity index (χ1n) is 7.57. The van der Waals surface area contributed by atoms with E-state index in [0.29, 0.717) is 5.92 Å². The van der Waals surface area contributed by atoms with Crippen LogP contribution in [0.25, 0.3) is 0 Å². The van der Waals surface area contributed by atoms with E-state index in [4.69, 9.17) is 10.6 Å². The molecule has 0 bridgehead atoms. The zero-order valence-corrected chi connectivity index (χ0v) is 13.4. The Labute approximate surface area is 124 Å². The van der Waals surface area contributed by atoms with Crippen molar-refractivity contribution < 1.29 is 4.74 Å². The van der Waals surface area contributed by atoms with Crippen molar-refractivity contribution in [1.29, 1.82) is 0 Å². The van der Waals surface area contributed by atoms with Crippen LogP contribution in [0.5, 0.6) is 0 Å². The van der Waals surface area contributed by atoms with Crippen molar-refractivity contribution in [3.05, 3.63) is 30.3 Å². The number of hydrazine groups is 1. The Morgan fingerprint density at radius 3 is 2.45 bits per heavy atom. The number of anilines is 1. The number of hydrogen-bond donors (Lipinski definition) is 1. The first kappa shape index (κ1) is 17.0. The third-order valence-electron chi connectivity index (χ3n) is 3.98. The predicted octanol–water partition coefficient (Wildman–Crippen LogP) is 3.99. The fourth-order valence-corrected chi connectivity index (χ4v) is 2.23. The maximum Gasteiger partial charge on any atom is 0.0622 e. The van der Waals surface area contributed by atoms with E-state index in [-0.39, 0.29) is 5.60 Å². The second-order valence-electron chi connectivity index (χ2n) is 6.28. The van der Waals surface area contributed by atoms with E-state index < -0.39 is 0 Å². The van der Waals surface area contributed by atoms with Crippen molar-refractivity contribution in [3.63, 3.8) is 0 Å². The van der Waals surface area contributed by atoms with Crippen LogP contribution in [0.15, 0.2) is 30.3 Å². The summed E-state index contributed by atoms with van der Waals surface area (Å²) in [5.41, 5.74) is 1.09. The quantitative estimate of drug-likeness (QED) is 0.548. The van der Waals surface area contributed by atoms with Crippen LogP contribution >= 0.6 is 0 Å². The highest BCUT2D eigenvalue weighted by molar-refractivity contribution is 5.43. The average molecular weight is 278 g/mol. The molecule has 1 aromatic carbocycles. The largest absolute Gasteiger partial charge is 0.379 e. The molecule has 0 aliphatic carbocycles. The van der Waals surface area contributed by atoms with Crippen LogP contribution in [0, 0.1) is 5.92 Å². The molecule has 3 nitrogen and oxygen atoms in total. The topological polar surface area (TPSA) is 38.5 Å². The van der Waals surface area contributed by atoms with Crippen molar-refractivity contribution in [2.75, 3.05) is 18.7 Å². The number of para-hydroxylation sites is 1. The van der Waals surface area contributed by atoms with E-state index in [0.717, 1.165) is 25.1 Å². The molecule has 0 aromatic heterocycles. The molecule has 0 spiro atoms. The van der Waals surface area contributed by atoms with Crippen LogP contribution in [-0.2, 0) is 4.74 Å². The minimum absolute atomic E-state index is 0.00363. The first-order valence-corrected chi connectivity index (χ1v) is 7.57. The molecule has 3 heteroatoms. The summed E-state index contributed by atoms with van der Waals surface area (Å²) >= 11 is 0. The van der Waals surface area contributed by atoms with Gasteiger partial charge < -0.3 is 9.75 Å². The van der Waals surface area contributed by atoms with Gasteiger partial charge >= 0.3 is 0 Å². The summed E-state index contributed by atoms with van der Waals surface area (Å²) in [4.78, 5) is 0. The Morgan fingerprint density at radius 2 is 1.85 bits per heavy atom. The monoisotopic (exact) mass is 278 g/mol. The molecule has 0 radical (unpaired) electrons. The third kappa shape index (κ3) is 6.40. The summed E-state index contributed by atoms with van der Waals surface area (Å²) in [6, 6.07) is 10.1. The number of hydrogen-bond acceptors (Lipinski definition) is 3. The molecule has 20 heavy (non-hydrogen) atoms. The molecule has 0 aliphatic heterocycles. The number of rotatable bonds is 9. The third-order valence-corrected chi connectivity index (χ3v) is 3.98. The van der Waals surface area contributed by atoms with Crippen LogP contribution in [-0.4, -0.2) is 19.3 Å². The van der Waals surface area contributed by atoms with Gasteiger partial charge in [0.05, 0.1) is 11.3 Å². The Bertz CT molecular complexity index is 365. The summed E-state index contributed by atoms with van der Waals surface area (Å²) in [6.07, 6.45) is 4.67. The van der Waals surface area contributed by atoms with E-state index in [1.54, 1.807) is 7.11 Å². The summed E-state index contributed by atoms with van der Waals surface area (Å²) in [7, 11) is 1.79. The molecule has 0 amide bonds. The van der Waals surface area contributed by atoms with Gasteiger partial charge in [0.15, 0.2) is 0 Å². The van der Waals surface area contributed by atoms with Crippen LogP contribution < -0.4 is 10.9 Å². The Hall–Kier alpha value is -1.06. The molecule has 114 valence electrons. The zero-order valence-electron chi connectivity index (χ0n) is 13.4. The van der Waals surface area contributed by atoms with Crippen molar-refractivity contribution in [1.82, 2.24) is 0 Å². The van der Waals surface area contributed by atoms with E-state index in [1.165, 1.54) is 12.8 Å². The average Bonchev–Trinajstić information content (AvgIpc) is 2.45. The predicted molar refractivity (Wildman–Crippen MR) is 86.7 cm³/mol. The smallest absolute Gasteiger partial charge is 0.0622 e. The fourth-order valence-electron chi connectivity index (χ4n) is 2.23. The molecule has 0 heterocycles. The van der Waals surface area contributed by atoms with Gasteiger partial charge in [0, 0.05) is 13.7 Å². The zero-order chi connectivity index (χ0) is 15.0. The lowest BCUT2D eigenvalue weighted by molar-refractivity contribution is 0.0127. The van der Waals surface area contributed by atoms with Crippen molar-refractivity contribution in [2.45, 2.75) is 52.1 Å². The van der Waals surface area contributed by atoms with Gasteiger partial charge in [-0.05, 0) is 44.7 Å². The summed E-state index contributed by atoms with van der Waals surface area (Å²) < 4.78 is 5.45. The molecule has 0 saturated carbocycles. The van der Waals surface area contributed by atoms with Crippen LogP contribution in [0.3, 0.4) is 0 Å². The van der Waals surface area contributed by atoms with Gasteiger partial charge in [0.1, 0.15) is 0 Å². The van der Waals surface area contributed by atoms with E-state index in [1.807, 2.05) is 35.3 Å². The SMILES string of the molecule is COC(C)(C)CCCC(C)CCN(N)c1ccccc1. The highest BCUT2D eigenvalue weighted by Gasteiger charge is 2.16. The minimum Gasteiger partial charge on any atom is -0.379 e. The van der Waals surface area contributed by atoms with Gasteiger partial charge in [0.25, 0.3) is 0 Å². The molecule has 1 atom stereocenters. The maximum absolute atomic E-state index is 6.08. The number of nitrogens with zero attached hydrogens (tertiary/aromatic N) is 1. The highest BCUT2D eigenvalue weighted by Crippen LogP contribution is 2.21. The van der Waals surface area contributed by atoms with E-state index in [2.05, 4.69) is 20.8 Å².